The van der Waals surface area contributed by atoms with Crippen LogP contribution in [0.5, 0.6) is 0 Å². The predicted octanol–water partition coefficient (Wildman–Crippen LogP) is 3.16. The highest BCUT2D eigenvalue weighted by Gasteiger charge is 2.35. The van der Waals surface area contributed by atoms with E-state index in [1.165, 1.54) is 12.8 Å². The van der Waals surface area contributed by atoms with Crippen molar-refractivity contribution in [1.29, 1.82) is 0 Å². The molecule has 0 radical (unpaired) electrons. The molecular weight excluding hydrogens is 260 g/mol. The van der Waals surface area contributed by atoms with Gasteiger partial charge >= 0.3 is 0 Å². The molecular formula is C15H23ClN2O. The summed E-state index contributed by atoms with van der Waals surface area (Å²) in [6.07, 6.45) is 1.80. The third-order valence-electron chi connectivity index (χ3n) is 3.94. The fraction of sp³-hybridized carbons (Fsp3) is 0.667. The number of halogens is 1. The first kappa shape index (κ1) is 14.8. The molecule has 1 fully saturated rings. The van der Waals surface area contributed by atoms with Crippen LogP contribution < -0.4 is 5.32 Å². The Morgan fingerprint density at radius 3 is 2.63 bits per heavy atom. The molecule has 1 aromatic heterocycles. The summed E-state index contributed by atoms with van der Waals surface area (Å²) in [6, 6.07) is 2.36. The number of aromatic nitrogens is 1. The molecule has 2 N–H and O–H groups in total. The van der Waals surface area contributed by atoms with Gasteiger partial charge in [-0.1, -0.05) is 25.4 Å². The van der Waals surface area contributed by atoms with Crippen LogP contribution in [-0.4, -0.2) is 22.7 Å². The fourth-order valence-electron chi connectivity index (χ4n) is 2.86. The molecule has 3 nitrogen and oxygen atoms in total. The van der Waals surface area contributed by atoms with Crippen LogP contribution in [0.15, 0.2) is 6.07 Å². The molecule has 0 saturated heterocycles. The van der Waals surface area contributed by atoms with Crippen LogP contribution >= 0.6 is 11.6 Å². The molecule has 0 spiro atoms. The van der Waals surface area contributed by atoms with Crippen molar-refractivity contribution < 1.29 is 5.11 Å². The van der Waals surface area contributed by atoms with Crippen LogP contribution in [0.3, 0.4) is 0 Å². The van der Waals surface area contributed by atoms with E-state index < -0.39 is 6.10 Å². The molecule has 0 unspecified atom stereocenters. The second-order valence-corrected chi connectivity index (χ2v) is 6.83. The number of nitrogens with zero attached hydrogens (tertiary/aromatic N) is 1. The lowest BCUT2D eigenvalue weighted by atomic mass is 9.68. The maximum Gasteiger partial charge on any atom is 0.0932 e. The first-order valence-corrected chi connectivity index (χ1v) is 7.21. The second kappa shape index (κ2) is 5.39. The van der Waals surface area contributed by atoms with Gasteiger partial charge in [-0.2, -0.15) is 0 Å². The molecule has 2 rings (SSSR count). The highest BCUT2D eigenvalue weighted by molar-refractivity contribution is 6.31. The Balaban J connectivity index is 1.93. The number of hydrogen-bond donors (Lipinski definition) is 2. The molecule has 1 aromatic rings. The van der Waals surface area contributed by atoms with Crippen molar-refractivity contribution in [3.8, 4) is 0 Å². The topological polar surface area (TPSA) is 45.2 Å². The van der Waals surface area contributed by atoms with Gasteiger partial charge < -0.3 is 10.4 Å². The van der Waals surface area contributed by atoms with Crippen molar-refractivity contribution in [3.63, 3.8) is 0 Å². The zero-order valence-electron chi connectivity index (χ0n) is 12.1. The summed E-state index contributed by atoms with van der Waals surface area (Å²) < 4.78 is 0. The predicted molar refractivity (Wildman–Crippen MR) is 78.5 cm³/mol. The minimum Gasteiger partial charge on any atom is -0.387 e. The van der Waals surface area contributed by atoms with E-state index >= 15 is 0 Å². The van der Waals surface area contributed by atoms with Crippen LogP contribution in [0.25, 0.3) is 0 Å². The number of rotatable bonds is 4. The summed E-state index contributed by atoms with van der Waals surface area (Å²) in [5.41, 5.74) is 2.93. The molecule has 0 aromatic carbocycles. The Kier molecular flexibility index (Phi) is 4.19. The van der Waals surface area contributed by atoms with Crippen molar-refractivity contribution in [1.82, 2.24) is 10.3 Å². The van der Waals surface area contributed by atoms with E-state index in [1.54, 1.807) is 0 Å². The summed E-state index contributed by atoms with van der Waals surface area (Å²) in [4.78, 5) is 4.36. The summed E-state index contributed by atoms with van der Waals surface area (Å²) >= 11 is 6.07. The van der Waals surface area contributed by atoms with Crippen molar-refractivity contribution >= 4 is 11.6 Å². The van der Waals surface area contributed by atoms with Crippen molar-refractivity contribution in [2.24, 2.45) is 5.41 Å². The monoisotopic (exact) mass is 282 g/mol. The molecule has 0 aliphatic heterocycles. The maximum absolute atomic E-state index is 10.3. The normalized spacial score (nSPS) is 20.1. The summed E-state index contributed by atoms with van der Waals surface area (Å²) in [5, 5.41) is 14.3. The Morgan fingerprint density at radius 1 is 1.42 bits per heavy atom. The second-order valence-electron chi connectivity index (χ2n) is 6.42. The highest BCUT2D eigenvalue weighted by atomic mass is 35.5. The highest BCUT2D eigenvalue weighted by Crippen LogP contribution is 2.39. The third kappa shape index (κ3) is 3.47. The van der Waals surface area contributed by atoms with Crippen LogP contribution in [0, 0.1) is 19.3 Å². The SMILES string of the molecule is Cc1nc(C)c([C@@H](O)CNC2CC(C)(C)C2)cc1Cl. The fourth-order valence-corrected chi connectivity index (χ4v) is 3.02. The van der Waals surface area contributed by atoms with E-state index in [0.717, 1.165) is 17.0 Å². The van der Waals surface area contributed by atoms with Crippen LogP contribution in [-0.2, 0) is 0 Å². The molecule has 0 amide bonds. The summed E-state index contributed by atoms with van der Waals surface area (Å²) in [6.45, 7) is 8.89. The molecule has 1 heterocycles. The maximum atomic E-state index is 10.3. The average molecular weight is 283 g/mol. The van der Waals surface area contributed by atoms with Crippen molar-refractivity contribution in [2.45, 2.75) is 52.7 Å². The summed E-state index contributed by atoms with van der Waals surface area (Å²) in [5.74, 6) is 0. The molecule has 1 aliphatic rings. The molecule has 1 aliphatic carbocycles. The third-order valence-corrected chi connectivity index (χ3v) is 4.32. The van der Waals surface area contributed by atoms with Gasteiger partial charge in [0.15, 0.2) is 0 Å². The minimum atomic E-state index is -0.547. The van der Waals surface area contributed by atoms with Gasteiger partial charge in [0.2, 0.25) is 0 Å². The summed E-state index contributed by atoms with van der Waals surface area (Å²) in [7, 11) is 0. The largest absolute Gasteiger partial charge is 0.387 e. The molecule has 1 saturated carbocycles. The molecule has 1 atom stereocenters. The lowest BCUT2D eigenvalue weighted by Gasteiger charge is -2.43. The van der Waals surface area contributed by atoms with Gasteiger partial charge in [-0.15, -0.1) is 0 Å². The molecule has 106 valence electrons. The quantitative estimate of drug-likeness (QED) is 0.892. The zero-order valence-corrected chi connectivity index (χ0v) is 12.9. The smallest absolute Gasteiger partial charge is 0.0932 e. The van der Waals surface area contributed by atoms with Gasteiger partial charge in [0, 0.05) is 23.8 Å². The standard InChI is InChI=1S/C15H23ClN2O/c1-9-12(5-13(16)10(2)18-9)14(19)8-17-11-6-15(3,4)7-11/h5,11,14,17,19H,6-8H2,1-4H3/t14-/m0/s1. The van der Waals surface area contributed by atoms with Gasteiger partial charge in [-0.05, 0) is 38.2 Å². The number of aliphatic hydroxyl groups excluding tert-OH is 1. The van der Waals surface area contributed by atoms with E-state index in [4.69, 9.17) is 11.6 Å². The Morgan fingerprint density at radius 2 is 2.05 bits per heavy atom. The van der Waals surface area contributed by atoms with Gasteiger partial charge in [-0.3, -0.25) is 4.98 Å². The Labute approximate surface area is 120 Å². The lowest BCUT2D eigenvalue weighted by Crippen LogP contribution is -2.47. The van der Waals surface area contributed by atoms with Gasteiger partial charge in [0.1, 0.15) is 0 Å². The minimum absolute atomic E-state index is 0.452. The number of aliphatic hydroxyl groups is 1. The Hall–Kier alpha value is -0.640. The van der Waals surface area contributed by atoms with Crippen LogP contribution in [0.1, 0.15) is 49.7 Å². The van der Waals surface area contributed by atoms with Crippen LogP contribution in [0.2, 0.25) is 5.02 Å². The lowest BCUT2D eigenvalue weighted by molar-refractivity contribution is 0.102. The van der Waals surface area contributed by atoms with Gasteiger partial charge in [0.25, 0.3) is 0 Å². The van der Waals surface area contributed by atoms with Crippen molar-refractivity contribution in [2.75, 3.05) is 6.54 Å². The van der Waals surface area contributed by atoms with E-state index in [9.17, 15) is 5.11 Å². The van der Waals surface area contributed by atoms with Gasteiger partial charge in [0.05, 0.1) is 16.8 Å². The Bertz CT molecular complexity index is 465. The van der Waals surface area contributed by atoms with Crippen LogP contribution in [0.4, 0.5) is 0 Å². The first-order valence-electron chi connectivity index (χ1n) is 6.83. The number of hydrogen-bond acceptors (Lipinski definition) is 3. The molecule has 4 heteroatoms. The van der Waals surface area contributed by atoms with E-state index in [0.29, 0.717) is 23.0 Å². The zero-order chi connectivity index (χ0) is 14.2. The molecule has 19 heavy (non-hydrogen) atoms. The van der Waals surface area contributed by atoms with E-state index in [2.05, 4.69) is 24.1 Å². The van der Waals surface area contributed by atoms with Gasteiger partial charge in [-0.25, -0.2) is 0 Å². The first-order chi connectivity index (χ1) is 8.78. The van der Waals surface area contributed by atoms with E-state index in [-0.39, 0.29) is 0 Å². The number of aryl methyl sites for hydroxylation is 2. The molecule has 0 bridgehead atoms. The van der Waals surface area contributed by atoms with E-state index in [1.807, 2.05) is 19.9 Å². The average Bonchev–Trinajstić information content (AvgIpc) is 2.28. The number of pyridine rings is 1. The number of nitrogens with one attached hydrogen (secondary N) is 1. The van der Waals surface area contributed by atoms with Crippen molar-refractivity contribution in [3.05, 3.63) is 28.0 Å².